The van der Waals surface area contributed by atoms with Gasteiger partial charge in [-0.1, -0.05) is 60.7 Å². The maximum absolute atomic E-state index is 13.6. The number of hydrogen-bond donors (Lipinski definition) is 0. The molecule has 41 heavy (non-hydrogen) atoms. The Morgan fingerprint density at radius 1 is 0.878 bits per heavy atom. The predicted octanol–water partition coefficient (Wildman–Crippen LogP) is 2.36. The van der Waals surface area contributed by atoms with Crippen LogP contribution in [-0.2, 0) is 32.1 Å². The number of rotatable bonds is 5. The Morgan fingerprint density at radius 2 is 1.63 bits per heavy atom. The number of amides is 4. The lowest BCUT2D eigenvalue weighted by Gasteiger charge is -2.39. The molecule has 2 bridgehead atoms. The molecular weight excluding hydrogens is 520 g/mol. The Bertz CT molecular complexity index is 1260. The average molecular weight is 559 g/mol. The van der Waals surface area contributed by atoms with E-state index in [1.165, 1.54) is 0 Å². The van der Waals surface area contributed by atoms with E-state index in [-0.39, 0.29) is 49.1 Å². The first kappa shape index (κ1) is 28.4. The van der Waals surface area contributed by atoms with Crippen LogP contribution in [0.15, 0.2) is 66.7 Å². The lowest BCUT2D eigenvalue weighted by molar-refractivity contribution is -0.142. The van der Waals surface area contributed by atoms with Crippen molar-refractivity contribution in [2.75, 3.05) is 52.4 Å². The molecule has 2 aromatic carbocycles. The third kappa shape index (κ3) is 7.34. The number of nitrogens with zero attached hydrogens (tertiary/aromatic N) is 4. The topological polar surface area (TPSA) is 90.5 Å². The van der Waals surface area contributed by atoms with Crippen molar-refractivity contribution < 1.29 is 23.9 Å². The first-order valence-corrected chi connectivity index (χ1v) is 14.4. The van der Waals surface area contributed by atoms with Crippen LogP contribution in [0.3, 0.4) is 0 Å². The molecule has 5 rings (SSSR count). The highest BCUT2D eigenvalue weighted by atomic mass is 16.5. The van der Waals surface area contributed by atoms with Crippen LogP contribution in [0.25, 0.3) is 0 Å². The lowest BCUT2D eigenvalue weighted by Crippen LogP contribution is -2.50. The van der Waals surface area contributed by atoms with Gasteiger partial charge >= 0.3 is 0 Å². The summed E-state index contributed by atoms with van der Waals surface area (Å²) < 4.78 is 6.11. The molecule has 0 radical (unpaired) electrons. The SMILES string of the molecule is O=CN1CCN(C(=O)C[C@@H]2CCN3C[C@@H]2/C=C/COc2ccccc2CN(C(=O)Cc2ccccc2)CC3=O)CC1. The van der Waals surface area contributed by atoms with E-state index in [1.807, 2.05) is 70.5 Å². The van der Waals surface area contributed by atoms with E-state index in [0.29, 0.717) is 64.5 Å². The zero-order valence-electron chi connectivity index (χ0n) is 23.4. The number of carbonyl (C=O) groups excluding carboxylic acids is 4. The molecule has 0 saturated carbocycles. The van der Waals surface area contributed by atoms with Gasteiger partial charge in [0.05, 0.1) is 6.42 Å². The lowest BCUT2D eigenvalue weighted by atomic mass is 9.82. The van der Waals surface area contributed by atoms with E-state index in [1.54, 1.807) is 9.80 Å². The Balaban J connectivity index is 1.32. The first-order chi connectivity index (χ1) is 20.0. The summed E-state index contributed by atoms with van der Waals surface area (Å²) in [4.78, 5) is 58.3. The minimum Gasteiger partial charge on any atom is -0.489 e. The molecule has 0 N–H and O–H groups in total. The van der Waals surface area contributed by atoms with Crippen molar-refractivity contribution >= 4 is 24.1 Å². The third-order valence-corrected chi connectivity index (χ3v) is 8.34. The Kier molecular flexibility index (Phi) is 9.33. The molecule has 0 aliphatic carbocycles. The molecule has 4 amide bonds. The highest BCUT2D eigenvalue weighted by Crippen LogP contribution is 2.30. The fourth-order valence-electron chi connectivity index (χ4n) is 5.89. The van der Waals surface area contributed by atoms with Crippen LogP contribution >= 0.6 is 0 Å². The minimum absolute atomic E-state index is 0.000909. The molecule has 9 nitrogen and oxygen atoms in total. The number of hydrogen-bond acceptors (Lipinski definition) is 5. The summed E-state index contributed by atoms with van der Waals surface area (Å²) in [5.41, 5.74) is 1.75. The van der Waals surface area contributed by atoms with Crippen molar-refractivity contribution in [3.8, 4) is 5.75 Å². The monoisotopic (exact) mass is 558 g/mol. The quantitative estimate of drug-likeness (QED) is 0.415. The molecular formula is C32H38N4O5. The van der Waals surface area contributed by atoms with E-state index in [2.05, 4.69) is 6.08 Å². The van der Waals surface area contributed by atoms with Crippen LogP contribution in [0.4, 0.5) is 0 Å². The number of piperidine rings is 1. The average Bonchev–Trinajstić information content (AvgIpc) is 3.01. The molecule has 216 valence electrons. The number of piperazine rings is 1. The van der Waals surface area contributed by atoms with Crippen LogP contribution in [0.5, 0.6) is 5.75 Å². The van der Waals surface area contributed by atoms with Gasteiger partial charge in [-0.25, -0.2) is 0 Å². The van der Waals surface area contributed by atoms with Gasteiger partial charge in [-0.3, -0.25) is 19.2 Å². The molecule has 2 atom stereocenters. The van der Waals surface area contributed by atoms with Gasteiger partial charge in [0.1, 0.15) is 18.9 Å². The second-order valence-electron chi connectivity index (χ2n) is 11.0. The number of ether oxygens (including phenoxy) is 1. The summed E-state index contributed by atoms with van der Waals surface area (Å²) in [6.07, 6.45) is 6.23. The normalized spacial score (nSPS) is 22.4. The molecule has 0 unspecified atom stereocenters. The number of fused-ring (bicyclic) bond motifs is 3. The third-order valence-electron chi connectivity index (χ3n) is 8.34. The van der Waals surface area contributed by atoms with Gasteiger partial charge in [0.15, 0.2) is 0 Å². The van der Waals surface area contributed by atoms with Crippen LogP contribution in [0.1, 0.15) is 24.0 Å². The van der Waals surface area contributed by atoms with Gasteiger partial charge < -0.3 is 24.3 Å². The second-order valence-corrected chi connectivity index (χ2v) is 11.0. The molecule has 0 aromatic heterocycles. The first-order valence-electron chi connectivity index (χ1n) is 14.4. The van der Waals surface area contributed by atoms with E-state index >= 15 is 0 Å². The maximum atomic E-state index is 13.6. The molecule has 2 saturated heterocycles. The van der Waals surface area contributed by atoms with Gasteiger partial charge in [-0.2, -0.15) is 0 Å². The van der Waals surface area contributed by atoms with Crippen molar-refractivity contribution in [2.45, 2.75) is 25.8 Å². The fraction of sp³-hybridized carbons (Fsp3) is 0.438. The molecule has 9 heteroatoms. The summed E-state index contributed by atoms with van der Waals surface area (Å²) in [7, 11) is 0. The van der Waals surface area contributed by atoms with Crippen molar-refractivity contribution in [2.24, 2.45) is 11.8 Å². The van der Waals surface area contributed by atoms with Crippen LogP contribution in [-0.4, -0.2) is 96.2 Å². The minimum atomic E-state index is -0.112. The van der Waals surface area contributed by atoms with E-state index in [0.717, 1.165) is 17.5 Å². The van der Waals surface area contributed by atoms with Crippen molar-refractivity contribution in [1.29, 1.82) is 0 Å². The van der Waals surface area contributed by atoms with Gasteiger partial charge in [0, 0.05) is 57.8 Å². The predicted molar refractivity (Wildman–Crippen MR) is 154 cm³/mol. The second kappa shape index (κ2) is 13.5. The standard InChI is InChI=1S/C32H38N4O5/c37-24-33-14-16-34(17-15-33)31(39)20-26-12-13-35-21-27(26)10-6-18-41-29-11-5-4-9-28(29)22-36(23-32(35)40)30(38)19-25-7-2-1-3-8-25/h1-11,24,26-27H,12-23H2/b10-6+/t26-,27-/m0/s1. The zero-order chi connectivity index (χ0) is 28.6. The molecule has 2 aromatic rings. The Morgan fingerprint density at radius 3 is 2.41 bits per heavy atom. The van der Waals surface area contributed by atoms with Crippen LogP contribution in [0.2, 0.25) is 0 Å². The van der Waals surface area contributed by atoms with Crippen molar-refractivity contribution in [3.63, 3.8) is 0 Å². The van der Waals surface area contributed by atoms with E-state index in [4.69, 9.17) is 4.74 Å². The largest absolute Gasteiger partial charge is 0.489 e. The molecule has 3 aliphatic rings. The summed E-state index contributed by atoms with van der Waals surface area (Å²) >= 11 is 0. The molecule has 2 fully saturated rings. The summed E-state index contributed by atoms with van der Waals surface area (Å²) in [6, 6.07) is 17.2. The Hall–Kier alpha value is -4.14. The van der Waals surface area contributed by atoms with Gasteiger partial charge in [-0.05, 0) is 29.9 Å². The smallest absolute Gasteiger partial charge is 0.242 e. The summed E-state index contributed by atoms with van der Waals surface area (Å²) in [6.45, 7) is 3.89. The maximum Gasteiger partial charge on any atom is 0.242 e. The van der Waals surface area contributed by atoms with E-state index < -0.39 is 0 Å². The van der Waals surface area contributed by atoms with Crippen LogP contribution in [0, 0.1) is 11.8 Å². The Labute approximate surface area is 241 Å². The number of para-hydroxylation sites is 1. The number of carbonyl (C=O) groups is 4. The molecule has 3 heterocycles. The highest BCUT2D eigenvalue weighted by Gasteiger charge is 2.34. The van der Waals surface area contributed by atoms with E-state index in [9.17, 15) is 19.2 Å². The van der Waals surface area contributed by atoms with Gasteiger partial charge in [0.25, 0.3) is 0 Å². The number of benzene rings is 2. The molecule has 0 spiro atoms. The molecule has 3 aliphatic heterocycles. The van der Waals surface area contributed by atoms with Crippen molar-refractivity contribution in [3.05, 3.63) is 77.9 Å². The van der Waals surface area contributed by atoms with Crippen molar-refractivity contribution in [1.82, 2.24) is 19.6 Å². The summed E-state index contributed by atoms with van der Waals surface area (Å²) in [5.74, 6) is 0.683. The van der Waals surface area contributed by atoms with Crippen LogP contribution < -0.4 is 4.74 Å². The van der Waals surface area contributed by atoms with Gasteiger partial charge in [-0.15, -0.1) is 0 Å². The zero-order valence-corrected chi connectivity index (χ0v) is 23.4. The highest BCUT2D eigenvalue weighted by molar-refractivity contribution is 5.86. The summed E-state index contributed by atoms with van der Waals surface area (Å²) in [5, 5.41) is 0. The van der Waals surface area contributed by atoms with Gasteiger partial charge in [0.2, 0.25) is 24.1 Å². The fourth-order valence-corrected chi connectivity index (χ4v) is 5.89.